The average molecular weight is 310 g/mol. The first-order valence-corrected chi connectivity index (χ1v) is 7.27. The molecule has 0 amide bonds. The monoisotopic (exact) mass is 309 g/mol. The number of hydrogen-bond acceptors (Lipinski definition) is 1. The molecule has 1 nitrogen and oxygen atoms in total. The number of nitrogens with one attached hydrogen (secondary N) is 1. The maximum absolute atomic E-state index is 14.3. The third-order valence-corrected chi connectivity index (χ3v) is 3.81. The summed E-state index contributed by atoms with van der Waals surface area (Å²) in [6.07, 6.45) is 0. The van der Waals surface area contributed by atoms with Crippen molar-refractivity contribution in [3.8, 4) is 0 Å². The van der Waals surface area contributed by atoms with E-state index in [0.717, 1.165) is 11.1 Å². The van der Waals surface area contributed by atoms with Gasteiger partial charge in [0.15, 0.2) is 11.6 Å². The van der Waals surface area contributed by atoms with Crippen molar-refractivity contribution in [2.45, 2.75) is 26.8 Å². The van der Waals surface area contributed by atoms with Gasteiger partial charge in [-0.3, -0.25) is 0 Å². The second-order valence-electron chi connectivity index (χ2n) is 5.09. The Balaban J connectivity index is 2.59. The number of aryl methyl sites for hydroxylation is 2. The van der Waals surface area contributed by atoms with Gasteiger partial charge in [-0.05, 0) is 49.2 Å². The maximum Gasteiger partial charge on any atom is 0.164 e. The standard InChI is InChI=1S/C17H18ClF2N/c1-4-21-17(14-9-12(18)7-5-10(14)2)13-8-6-11(3)15(19)16(13)20/h5-9,17,21H,4H2,1-3H3. The summed E-state index contributed by atoms with van der Waals surface area (Å²) in [6.45, 7) is 6.04. The minimum Gasteiger partial charge on any atom is -0.306 e. The van der Waals surface area contributed by atoms with Crippen LogP contribution in [0.1, 0.15) is 35.2 Å². The van der Waals surface area contributed by atoms with Gasteiger partial charge in [0.2, 0.25) is 0 Å². The molecular weight excluding hydrogens is 292 g/mol. The van der Waals surface area contributed by atoms with Gasteiger partial charge in [0.05, 0.1) is 6.04 Å². The Labute approximate surface area is 128 Å². The molecule has 1 N–H and O–H groups in total. The predicted octanol–water partition coefficient (Wildman–Crippen LogP) is 4.93. The normalized spacial score (nSPS) is 12.5. The molecule has 0 saturated carbocycles. The van der Waals surface area contributed by atoms with Crippen molar-refractivity contribution in [2.75, 3.05) is 6.54 Å². The fraction of sp³-hybridized carbons (Fsp3) is 0.294. The van der Waals surface area contributed by atoms with Crippen molar-refractivity contribution in [1.82, 2.24) is 5.32 Å². The molecule has 0 heterocycles. The Hall–Kier alpha value is -1.45. The van der Waals surface area contributed by atoms with Crippen LogP contribution in [0.5, 0.6) is 0 Å². The summed E-state index contributed by atoms with van der Waals surface area (Å²) in [5.41, 5.74) is 2.43. The zero-order valence-electron chi connectivity index (χ0n) is 12.3. The Kier molecular flexibility index (Phi) is 4.96. The van der Waals surface area contributed by atoms with Gasteiger partial charge in [-0.2, -0.15) is 0 Å². The molecule has 4 heteroatoms. The molecule has 0 aliphatic rings. The average Bonchev–Trinajstić information content (AvgIpc) is 2.46. The van der Waals surface area contributed by atoms with E-state index in [0.29, 0.717) is 22.7 Å². The molecule has 0 bridgehead atoms. The highest BCUT2D eigenvalue weighted by Crippen LogP contribution is 2.30. The van der Waals surface area contributed by atoms with Gasteiger partial charge in [-0.25, -0.2) is 8.78 Å². The van der Waals surface area contributed by atoms with E-state index >= 15 is 0 Å². The number of benzene rings is 2. The van der Waals surface area contributed by atoms with Crippen molar-refractivity contribution >= 4 is 11.6 Å². The van der Waals surface area contributed by atoms with Crippen LogP contribution in [0.15, 0.2) is 30.3 Å². The second-order valence-corrected chi connectivity index (χ2v) is 5.53. The summed E-state index contributed by atoms with van der Waals surface area (Å²) in [5.74, 6) is -1.60. The summed E-state index contributed by atoms with van der Waals surface area (Å²) < 4.78 is 28.2. The number of halogens is 3. The number of hydrogen-bond donors (Lipinski definition) is 1. The molecule has 0 saturated heterocycles. The molecule has 0 fully saturated rings. The molecule has 1 atom stereocenters. The first-order chi connectivity index (χ1) is 9.95. The van der Waals surface area contributed by atoms with E-state index in [1.54, 1.807) is 31.2 Å². The Bertz CT molecular complexity index is 655. The van der Waals surface area contributed by atoms with E-state index in [2.05, 4.69) is 5.32 Å². The van der Waals surface area contributed by atoms with Crippen molar-refractivity contribution in [3.05, 3.63) is 69.2 Å². The Morgan fingerprint density at radius 1 is 1.00 bits per heavy atom. The molecule has 2 aromatic carbocycles. The third kappa shape index (κ3) is 3.25. The summed E-state index contributed by atoms with van der Waals surface area (Å²) in [4.78, 5) is 0. The van der Waals surface area contributed by atoms with Crippen LogP contribution in [-0.4, -0.2) is 6.54 Å². The van der Waals surface area contributed by atoms with Crippen LogP contribution in [0.4, 0.5) is 8.78 Å². The molecule has 0 aliphatic heterocycles. The van der Waals surface area contributed by atoms with Crippen molar-refractivity contribution in [3.63, 3.8) is 0 Å². The van der Waals surface area contributed by atoms with Crippen LogP contribution in [0.25, 0.3) is 0 Å². The molecule has 2 rings (SSSR count). The van der Waals surface area contributed by atoms with Gasteiger partial charge in [-0.15, -0.1) is 0 Å². The van der Waals surface area contributed by atoms with Crippen LogP contribution in [0.2, 0.25) is 5.02 Å². The summed E-state index contributed by atoms with van der Waals surface area (Å²) in [6, 6.07) is 8.25. The minimum atomic E-state index is -0.805. The first-order valence-electron chi connectivity index (χ1n) is 6.89. The van der Waals surface area contributed by atoms with E-state index in [1.165, 1.54) is 0 Å². The van der Waals surface area contributed by atoms with E-state index in [4.69, 9.17) is 11.6 Å². The Morgan fingerprint density at radius 2 is 1.67 bits per heavy atom. The summed E-state index contributed by atoms with van der Waals surface area (Å²) >= 11 is 6.05. The van der Waals surface area contributed by atoms with Crippen LogP contribution in [0, 0.1) is 25.5 Å². The predicted molar refractivity (Wildman–Crippen MR) is 82.8 cm³/mol. The van der Waals surface area contributed by atoms with E-state index < -0.39 is 17.7 Å². The topological polar surface area (TPSA) is 12.0 Å². The van der Waals surface area contributed by atoms with Crippen LogP contribution < -0.4 is 5.32 Å². The lowest BCUT2D eigenvalue weighted by Crippen LogP contribution is -2.24. The van der Waals surface area contributed by atoms with Gasteiger partial charge in [0.1, 0.15) is 0 Å². The molecular formula is C17H18ClF2N. The van der Waals surface area contributed by atoms with Crippen LogP contribution in [0.3, 0.4) is 0 Å². The molecule has 112 valence electrons. The molecule has 1 unspecified atom stereocenters. The molecule has 0 aromatic heterocycles. The van der Waals surface area contributed by atoms with Crippen molar-refractivity contribution in [2.24, 2.45) is 0 Å². The molecule has 2 aromatic rings. The summed E-state index contributed by atoms with van der Waals surface area (Å²) in [7, 11) is 0. The van der Waals surface area contributed by atoms with Crippen molar-refractivity contribution in [1.29, 1.82) is 0 Å². The molecule has 0 radical (unpaired) electrons. The highest BCUT2D eigenvalue weighted by atomic mass is 35.5. The molecule has 21 heavy (non-hydrogen) atoms. The molecule has 0 spiro atoms. The highest BCUT2D eigenvalue weighted by molar-refractivity contribution is 6.30. The highest BCUT2D eigenvalue weighted by Gasteiger charge is 2.22. The van der Waals surface area contributed by atoms with Gasteiger partial charge >= 0.3 is 0 Å². The van der Waals surface area contributed by atoms with Gasteiger partial charge in [0, 0.05) is 10.6 Å². The van der Waals surface area contributed by atoms with Gasteiger partial charge < -0.3 is 5.32 Å². The van der Waals surface area contributed by atoms with Gasteiger partial charge in [0.25, 0.3) is 0 Å². The quantitative estimate of drug-likeness (QED) is 0.844. The fourth-order valence-corrected chi connectivity index (χ4v) is 2.58. The van der Waals surface area contributed by atoms with Crippen molar-refractivity contribution < 1.29 is 8.78 Å². The van der Waals surface area contributed by atoms with E-state index in [-0.39, 0.29) is 0 Å². The smallest absolute Gasteiger partial charge is 0.164 e. The third-order valence-electron chi connectivity index (χ3n) is 3.58. The Morgan fingerprint density at radius 3 is 2.33 bits per heavy atom. The lowest BCUT2D eigenvalue weighted by atomic mass is 9.93. The lowest BCUT2D eigenvalue weighted by Gasteiger charge is -2.22. The summed E-state index contributed by atoms with van der Waals surface area (Å²) in [5, 5.41) is 3.78. The first kappa shape index (κ1) is 15.9. The fourth-order valence-electron chi connectivity index (χ4n) is 2.40. The van der Waals surface area contributed by atoms with E-state index in [1.807, 2.05) is 19.9 Å². The maximum atomic E-state index is 14.3. The largest absolute Gasteiger partial charge is 0.306 e. The van der Waals surface area contributed by atoms with Crippen LogP contribution in [-0.2, 0) is 0 Å². The minimum absolute atomic E-state index is 0.297. The zero-order valence-corrected chi connectivity index (χ0v) is 13.1. The SMILES string of the molecule is CCNC(c1cc(Cl)ccc1C)c1ccc(C)c(F)c1F. The zero-order chi connectivity index (χ0) is 15.6. The number of rotatable bonds is 4. The van der Waals surface area contributed by atoms with Gasteiger partial charge in [-0.1, -0.05) is 36.7 Å². The second kappa shape index (κ2) is 6.54. The van der Waals surface area contributed by atoms with E-state index in [9.17, 15) is 8.78 Å². The molecule has 0 aliphatic carbocycles. The van der Waals surface area contributed by atoms with Crippen LogP contribution >= 0.6 is 11.6 Å². The lowest BCUT2D eigenvalue weighted by molar-refractivity contribution is 0.478.